The topological polar surface area (TPSA) is 49.7 Å². The number of aliphatic hydroxyl groups excluding tert-OH is 2. The number of methoxy groups -OCH3 is 1. The maximum absolute atomic E-state index is 9.36. The van der Waals surface area contributed by atoms with Crippen LogP contribution in [0.25, 0.3) is 0 Å². The van der Waals surface area contributed by atoms with E-state index >= 15 is 0 Å². The van der Waals surface area contributed by atoms with E-state index < -0.39 is 6.10 Å². The number of rotatable bonds is 2. The van der Waals surface area contributed by atoms with Crippen molar-refractivity contribution >= 4 is 0 Å². The third kappa shape index (κ3) is 1.45. The van der Waals surface area contributed by atoms with Gasteiger partial charge in [0.15, 0.2) is 0 Å². The standard InChI is InChI=1S/C8H14O3/c1-5-6(4-9)7(10)3-8(5)11-2/h6-10H,1,3-4H2,2H3/t6-,7-,8+/m0/s1. The molecule has 3 nitrogen and oxygen atoms in total. The van der Waals surface area contributed by atoms with E-state index in [0.29, 0.717) is 6.42 Å². The molecule has 1 saturated carbocycles. The van der Waals surface area contributed by atoms with E-state index in [1.807, 2.05) is 0 Å². The summed E-state index contributed by atoms with van der Waals surface area (Å²) in [7, 11) is 1.59. The fraction of sp³-hybridized carbons (Fsp3) is 0.750. The van der Waals surface area contributed by atoms with Crippen LogP contribution in [0.2, 0.25) is 0 Å². The number of hydrogen-bond acceptors (Lipinski definition) is 3. The summed E-state index contributed by atoms with van der Waals surface area (Å²) >= 11 is 0. The summed E-state index contributed by atoms with van der Waals surface area (Å²) in [4.78, 5) is 0. The summed E-state index contributed by atoms with van der Waals surface area (Å²) in [5.41, 5.74) is 0.808. The molecule has 3 heteroatoms. The van der Waals surface area contributed by atoms with Crippen LogP contribution in [0.3, 0.4) is 0 Å². The van der Waals surface area contributed by atoms with Crippen molar-refractivity contribution in [3.8, 4) is 0 Å². The number of ether oxygens (including phenoxy) is 1. The highest BCUT2D eigenvalue weighted by atomic mass is 16.5. The molecule has 0 radical (unpaired) electrons. The highest BCUT2D eigenvalue weighted by molar-refractivity contribution is 5.16. The van der Waals surface area contributed by atoms with Gasteiger partial charge in [-0.3, -0.25) is 0 Å². The van der Waals surface area contributed by atoms with Gasteiger partial charge in [0.25, 0.3) is 0 Å². The smallest absolute Gasteiger partial charge is 0.0808 e. The molecule has 1 aliphatic rings. The first-order chi connectivity index (χ1) is 5.20. The predicted molar refractivity (Wildman–Crippen MR) is 41.1 cm³/mol. The van der Waals surface area contributed by atoms with Crippen molar-refractivity contribution in [2.45, 2.75) is 18.6 Å². The zero-order valence-corrected chi connectivity index (χ0v) is 6.66. The Kier molecular flexibility index (Phi) is 2.65. The van der Waals surface area contributed by atoms with Crippen molar-refractivity contribution in [1.82, 2.24) is 0 Å². The fourth-order valence-electron chi connectivity index (χ4n) is 1.51. The minimum atomic E-state index is -0.488. The van der Waals surface area contributed by atoms with E-state index in [0.717, 1.165) is 5.57 Å². The second-order valence-electron chi connectivity index (χ2n) is 2.89. The molecule has 11 heavy (non-hydrogen) atoms. The molecule has 0 unspecified atom stereocenters. The van der Waals surface area contributed by atoms with E-state index in [9.17, 15) is 5.11 Å². The van der Waals surface area contributed by atoms with Gasteiger partial charge in [0, 0.05) is 19.4 Å². The monoisotopic (exact) mass is 158 g/mol. The van der Waals surface area contributed by atoms with Gasteiger partial charge in [-0.15, -0.1) is 0 Å². The molecular formula is C8H14O3. The first-order valence-electron chi connectivity index (χ1n) is 3.71. The van der Waals surface area contributed by atoms with Crippen LogP contribution in [0.15, 0.2) is 12.2 Å². The average molecular weight is 158 g/mol. The molecule has 1 fully saturated rings. The highest BCUT2D eigenvalue weighted by Gasteiger charge is 2.35. The van der Waals surface area contributed by atoms with Gasteiger partial charge >= 0.3 is 0 Å². The summed E-state index contributed by atoms with van der Waals surface area (Å²) in [6.45, 7) is 3.72. The van der Waals surface area contributed by atoms with Gasteiger partial charge in [0.05, 0.1) is 18.8 Å². The van der Waals surface area contributed by atoms with Crippen LogP contribution in [0.5, 0.6) is 0 Å². The predicted octanol–water partition coefficient (Wildman–Crippen LogP) is -0.0693. The van der Waals surface area contributed by atoms with Crippen LogP contribution in [-0.4, -0.2) is 36.1 Å². The second kappa shape index (κ2) is 3.34. The first kappa shape index (κ1) is 8.71. The van der Waals surface area contributed by atoms with Crippen LogP contribution >= 0.6 is 0 Å². The summed E-state index contributed by atoms with van der Waals surface area (Å²) in [5.74, 6) is -0.194. The van der Waals surface area contributed by atoms with E-state index in [2.05, 4.69) is 6.58 Å². The Morgan fingerprint density at radius 3 is 2.64 bits per heavy atom. The van der Waals surface area contributed by atoms with Gasteiger partial charge in [0.1, 0.15) is 0 Å². The Labute approximate surface area is 66.3 Å². The lowest BCUT2D eigenvalue weighted by Gasteiger charge is -2.12. The molecule has 0 aromatic heterocycles. The Hall–Kier alpha value is -0.380. The third-order valence-corrected chi connectivity index (χ3v) is 2.29. The van der Waals surface area contributed by atoms with Crippen molar-refractivity contribution in [1.29, 1.82) is 0 Å². The van der Waals surface area contributed by atoms with Crippen LogP contribution in [-0.2, 0) is 4.74 Å². The van der Waals surface area contributed by atoms with Crippen molar-refractivity contribution < 1.29 is 14.9 Å². The van der Waals surface area contributed by atoms with E-state index in [1.54, 1.807) is 7.11 Å². The Morgan fingerprint density at radius 1 is 1.73 bits per heavy atom. The molecule has 0 amide bonds. The van der Waals surface area contributed by atoms with Crippen molar-refractivity contribution in [2.75, 3.05) is 13.7 Å². The molecule has 1 aliphatic carbocycles. The molecule has 0 heterocycles. The zero-order valence-electron chi connectivity index (χ0n) is 6.66. The zero-order chi connectivity index (χ0) is 8.43. The maximum Gasteiger partial charge on any atom is 0.0808 e. The second-order valence-corrected chi connectivity index (χ2v) is 2.89. The lowest BCUT2D eigenvalue weighted by Crippen LogP contribution is -2.17. The molecule has 64 valence electrons. The van der Waals surface area contributed by atoms with Crippen LogP contribution in [0.1, 0.15) is 6.42 Å². The molecule has 0 aromatic carbocycles. The quantitative estimate of drug-likeness (QED) is 0.553. The van der Waals surface area contributed by atoms with Gasteiger partial charge in [-0.25, -0.2) is 0 Å². The summed E-state index contributed by atoms with van der Waals surface area (Å²) in [6.07, 6.45) is -0.0137. The summed E-state index contributed by atoms with van der Waals surface area (Å²) in [6, 6.07) is 0. The van der Waals surface area contributed by atoms with E-state index in [4.69, 9.17) is 9.84 Å². The highest BCUT2D eigenvalue weighted by Crippen LogP contribution is 2.31. The first-order valence-corrected chi connectivity index (χ1v) is 3.71. The van der Waals surface area contributed by atoms with Crippen LogP contribution in [0, 0.1) is 5.92 Å². The van der Waals surface area contributed by atoms with Gasteiger partial charge in [-0.1, -0.05) is 6.58 Å². The molecule has 0 bridgehead atoms. The third-order valence-electron chi connectivity index (χ3n) is 2.29. The Balaban J connectivity index is 2.63. The van der Waals surface area contributed by atoms with Gasteiger partial charge in [-0.2, -0.15) is 0 Å². The molecule has 3 atom stereocenters. The summed E-state index contributed by atoms with van der Waals surface area (Å²) in [5, 5.41) is 18.2. The minimum Gasteiger partial charge on any atom is -0.396 e. The van der Waals surface area contributed by atoms with Crippen LogP contribution in [0.4, 0.5) is 0 Å². The summed E-state index contributed by atoms with van der Waals surface area (Å²) < 4.78 is 5.06. The van der Waals surface area contributed by atoms with Crippen LogP contribution < -0.4 is 0 Å². The lowest BCUT2D eigenvalue weighted by molar-refractivity contribution is 0.0825. The largest absolute Gasteiger partial charge is 0.396 e. The van der Waals surface area contributed by atoms with Crippen molar-refractivity contribution in [3.63, 3.8) is 0 Å². The molecule has 0 saturated heterocycles. The molecule has 0 aromatic rings. The maximum atomic E-state index is 9.36. The molecule has 2 N–H and O–H groups in total. The Morgan fingerprint density at radius 2 is 2.36 bits per heavy atom. The fourth-order valence-corrected chi connectivity index (χ4v) is 1.51. The lowest BCUT2D eigenvalue weighted by atomic mass is 10.0. The van der Waals surface area contributed by atoms with E-state index in [1.165, 1.54) is 0 Å². The molecular weight excluding hydrogens is 144 g/mol. The SMILES string of the molecule is C=C1[C@H](OC)C[C@H](O)[C@H]1CO. The number of hydrogen-bond donors (Lipinski definition) is 2. The normalized spacial score (nSPS) is 38.1. The van der Waals surface area contributed by atoms with Gasteiger partial charge in [0.2, 0.25) is 0 Å². The Bertz CT molecular complexity index is 155. The van der Waals surface area contributed by atoms with E-state index in [-0.39, 0.29) is 18.6 Å². The number of aliphatic hydroxyl groups is 2. The minimum absolute atomic E-state index is 0.0418. The van der Waals surface area contributed by atoms with Gasteiger partial charge < -0.3 is 14.9 Å². The average Bonchev–Trinajstić information content (AvgIpc) is 2.26. The molecule has 1 rings (SSSR count). The molecule has 0 spiro atoms. The van der Waals surface area contributed by atoms with Crippen molar-refractivity contribution in [3.05, 3.63) is 12.2 Å². The van der Waals surface area contributed by atoms with Crippen molar-refractivity contribution in [2.24, 2.45) is 5.92 Å². The van der Waals surface area contributed by atoms with Gasteiger partial charge in [-0.05, 0) is 5.57 Å². The molecule has 0 aliphatic heterocycles.